The van der Waals surface area contributed by atoms with Gasteiger partial charge in [-0.1, -0.05) is 38.1 Å². The maximum absolute atomic E-state index is 13.2. The van der Waals surface area contributed by atoms with E-state index in [0.29, 0.717) is 34.9 Å². The van der Waals surface area contributed by atoms with E-state index in [1.165, 1.54) is 14.2 Å². The largest absolute Gasteiger partial charge is 0.497 e. The van der Waals surface area contributed by atoms with Crippen molar-refractivity contribution >= 4 is 23.5 Å². The molecule has 0 aliphatic carbocycles. The molecule has 0 bridgehead atoms. The topological polar surface area (TPSA) is 94.2 Å². The van der Waals surface area contributed by atoms with Crippen molar-refractivity contribution in [2.45, 2.75) is 26.4 Å². The average molecular weight is 503 g/mol. The number of nitrogens with zero attached hydrogens (tertiary/aromatic N) is 1. The highest BCUT2D eigenvalue weighted by molar-refractivity contribution is 6.06. The quantitative estimate of drug-likeness (QED) is 0.446. The first-order valence-electron chi connectivity index (χ1n) is 11.9. The van der Waals surface area contributed by atoms with Crippen LogP contribution in [0.2, 0.25) is 0 Å². The van der Waals surface area contributed by atoms with Crippen LogP contribution in [0.4, 0.5) is 5.69 Å². The van der Waals surface area contributed by atoms with Gasteiger partial charge in [0.15, 0.2) is 0 Å². The number of nitrogens with one attached hydrogen (secondary N) is 1. The van der Waals surface area contributed by atoms with Crippen LogP contribution >= 0.6 is 0 Å². The number of hydrogen-bond donors (Lipinski definition) is 1. The molecule has 3 aromatic carbocycles. The fourth-order valence-corrected chi connectivity index (χ4v) is 4.54. The Morgan fingerprint density at radius 3 is 2.22 bits per heavy atom. The highest BCUT2D eigenvalue weighted by atomic mass is 16.5. The van der Waals surface area contributed by atoms with Gasteiger partial charge in [0.05, 0.1) is 26.9 Å². The monoisotopic (exact) mass is 502 g/mol. The van der Waals surface area contributed by atoms with Crippen LogP contribution in [-0.2, 0) is 16.1 Å². The molecule has 1 atom stereocenters. The third kappa shape index (κ3) is 5.14. The number of esters is 1. The van der Waals surface area contributed by atoms with Crippen LogP contribution < -0.4 is 14.8 Å². The van der Waals surface area contributed by atoms with Gasteiger partial charge in [0.1, 0.15) is 17.5 Å². The van der Waals surface area contributed by atoms with Crippen molar-refractivity contribution in [3.63, 3.8) is 0 Å². The maximum atomic E-state index is 13.2. The predicted molar refractivity (Wildman–Crippen MR) is 140 cm³/mol. The molecule has 8 nitrogen and oxygen atoms in total. The number of carbonyl (C=O) groups excluding carboxylic acids is 3. The molecular weight excluding hydrogens is 472 g/mol. The second-order valence-corrected chi connectivity index (χ2v) is 9.11. The molecule has 37 heavy (non-hydrogen) atoms. The standard InChI is InChI=1S/C29H30N2O6/c1-17(2)26(29(34)37-5)31-16-20-7-6-19(14-24(20)28(31)33)18-8-10-21(11-9-18)30-27(32)23-13-12-22(35-3)15-25(23)36-4/h6-15,17,26H,16H2,1-5H3,(H,30,32). The summed E-state index contributed by atoms with van der Waals surface area (Å²) in [5, 5.41) is 2.88. The highest BCUT2D eigenvalue weighted by Gasteiger charge is 2.38. The van der Waals surface area contributed by atoms with Crippen LogP contribution in [0.1, 0.15) is 40.1 Å². The van der Waals surface area contributed by atoms with E-state index in [4.69, 9.17) is 14.2 Å². The van der Waals surface area contributed by atoms with Crippen LogP contribution in [-0.4, -0.2) is 50.1 Å². The van der Waals surface area contributed by atoms with Gasteiger partial charge in [-0.3, -0.25) is 9.59 Å². The number of carbonyl (C=O) groups is 3. The first-order chi connectivity index (χ1) is 17.8. The fraction of sp³-hybridized carbons (Fsp3) is 0.276. The minimum atomic E-state index is -0.638. The van der Waals surface area contributed by atoms with Crippen LogP contribution in [0.15, 0.2) is 60.7 Å². The molecule has 0 saturated carbocycles. The summed E-state index contributed by atoms with van der Waals surface area (Å²) < 4.78 is 15.5. The molecule has 192 valence electrons. The molecule has 8 heteroatoms. The van der Waals surface area contributed by atoms with Crippen molar-refractivity contribution in [1.29, 1.82) is 0 Å². The van der Waals surface area contributed by atoms with Gasteiger partial charge in [-0.25, -0.2) is 4.79 Å². The Morgan fingerprint density at radius 2 is 1.59 bits per heavy atom. The Balaban J connectivity index is 1.51. The Hall–Kier alpha value is -4.33. The zero-order valence-corrected chi connectivity index (χ0v) is 21.5. The van der Waals surface area contributed by atoms with Crippen molar-refractivity contribution in [2.24, 2.45) is 5.92 Å². The maximum Gasteiger partial charge on any atom is 0.328 e. The number of benzene rings is 3. The summed E-state index contributed by atoms with van der Waals surface area (Å²) in [5.74, 6) is 0.0297. The molecule has 0 radical (unpaired) electrons. The molecule has 1 heterocycles. The zero-order chi connectivity index (χ0) is 26.7. The van der Waals surface area contributed by atoms with Gasteiger partial charge in [0, 0.05) is 23.9 Å². The number of amides is 2. The minimum Gasteiger partial charge on any atom is -0.497 e. The van der Waals surface area contributed by atoms with Gasteiger partial charge < -0.3 is 24.4 Å². The lowest BCUT2D eigenvalue weighted by Crippen LogP contribution is -2.45. The van der Waals surface area contributed by atoms with Crippen molar-refractivity contribution in [1.82, 2.24) is 4.90 Å². The van der Waals surface area contributed by atoms with Crippen LogP contribution in [0.5, 0.6) is 11.5 Å². The summed E-state index contributed by atoms with van der Waals surface area (Å²) in [6.45, 7) is 4.16. The third-order valence-electron chi connectivity index (χ3n) is 6.48. The van der Waals surface area contributed by atoms with Crippen LogP contribution in [0.3, 0.4) is 0 Å². The first kappa shape index (κ1) is 25.8. The highest BCUT2D eigenvalue weighted by Crippen LogP contribution is 2.32. The van der Waals surface area contributed by atoms with Gasteiger partial charge in [0.2, 0.25) is 0 Å². The Kier molecular flexibility index (Phi) is 7.47. The average Bonchev–Trinajstić information content (AvgIpc) is 3.23. The molecule has 0 fully saturated rings. The number of ether oxygens (including phenoxy) is 3. The fourth-order valence-electron chi connectivity index (χ4n) is 4.54. The predicted octanol–water partition coefficient (Wildman–Crippen LogP) is 4.78. The molecule has 4 rings (SSSR count). The molecule has 1 N–H and O–H groups in total. The van der Waals surface area contributed by atoms with Crippen molar-refractivity contribution < 1.29 is 28.6 Å². The van der Waals surface area contributed by atoms with E-state index in [2.05, 4.69) is 5.32 Å². The van der Waals surface area contributed by atoms with Gasteiger partial charge in [-0.2, -0.15) is 0 Å². The lowest BCUT2D eigenvalue weighted by atomic mass is 10.00. The SMILES string of the molecule is COC(=O)C(C(C)C)N1Cc2ccc(-c3ccc(NC(=O)c4ccc(OC)cc4OC)cc3)cc2C1=O. The van der Waals surface area contributed by atoms with E-state index < -0.39 is 12.0 Å². The molecule has 0 saturated heterocycles. The molecule has 0 spiro atoms. The normalized spacial score (nSPS) is 13.2. The number of fused-ring (bicyclic) bond motifs is 1. The van der Waals surface area contributed by atoms with Crippen LogP contribution in [0, 0.1) is 5.92 Å². The molecule has 1 unspecified atom stereocenters. The van der Waals surface area contributed by atoms with E-state index >= 15 is 0 Å². The summed E-state index contributed by atoms with van der Waals surface area (Å²) in [5.41, 5.74) is 4.22. The summed E-state index contributed by atoms with van der Waals surface area (Å²) in [6, 6.07) is 17.5. The smallest absolute Gasteiger partial charge is 0.328 e. The van der Waals surface area contributed by atoms with E-state index in [1.807, 2.05) is 44.2 Å². The summed E-state index contributed by atoms with van der Waals surface area (Å²) >= 11 is 0. The molecule has 1 aliphatic heterocycles. The minimum absolute atomic E-state index is 0.0779. The Bertz CT molecular complexity index is 1330. The van der Waals surface area contributed by atoms with E-state index in [-0.39, 0.29) is 17.7 Å². The Morgan fingerprint density at radius 1 is 0.892 bits per heavy atom. The molecule has 3 aromatic rings. The van der Waals surface area contributed by atoms with Crippen molar-refractivity contribution in [3.05, 3.63) is 77.4 Å². The molecule has 2 amide bonds. The number of rotatable bonds is 8. The van der Waals surface area contributed by atoms with Gasteiger partial charge in [0.25, 0.3) is 11.8 Å². The Labute approximate surface area is 216 Å². The zero-order valence-electron chi connectivity index (χ0n) is 21.5. The number of anilines is 1. The third-order valence-corrected chi connectivity index (χ3v) is 6.48. The van der Waals surface area contributed by atoms with E-state index in [9.17, 15) is 14.4 Å². The number of methoxy groups -OCH3 is 3. The molecular formula is C29H30N2O6. The molecule has 1 aliphatic rings. The van der Waals surface area contributed by atoms with Gasteiger partial charge in [-0.05, 0) is 52.9 Å². The van der Waals surface area contributed by atoms with E-state index in [0.717, 1.165) is 16.7 Å². The second-order valence-electron chi connectivity index (χ2n) is 9.11. The van der Waals surface area contributed by atoms with Crippen LogP contribution in [0.25, 0.3) is 11.1 Å². The second kappa shape index (κ2) is 10.7. The van der Waals surface area contributed by atoms with Gasteiger partial charge in [-0.15, -0.1) is 0 Å². The number of hydrogen-bond acceptors (Lipinski definition) is 6. The summed E-state index contributed by atoms with van der Waals surface area (Å²) in [6.07, 6.45) is 0. The molecule has 0 aromatic heterocycles. The lowest BCUT2D eigenvalue weighted by Gasteiger charge is -2.28. The summed E-state index contributed by atoms with van der Waals surface area (Å²) in [7, 11) is 4.39. The van der Waals surface area contributed by atoms with Crippen molar-refractivity contribution in [3.8, 4) is 22.6 Å². The van der Waals surface area contributed by atoms with Gasteiger partial charge >= 0.3 is 5.97 Å². The summed E-state index contributed by atoms with van der Waals surface area (Å²) in [4.78, 5) is 39.9. The lowest BCUT2D eigenvalue weighted by molar-refractivity contribution is -0.147. The van der Waals surface area contributed by atoms with E-state index in [1.54, 1.807) is 42.3 Å². The first-order valence-corrected chi connectivity index (χ1v) is 11.9. The van der Waals surface area contributed by atoms with Crippen molar-refractivity contribution in [2.75, 3.05) is 26.6 Å².